The van der Waals surface area contributed by atoms with Crippen molar-refractivity contribution in [2.24, 2.45) is 17.8 Å². The summed E-state index contributed by atoms with van der Waals surface area (Å²) in [7, 11) is 0. The molecule has 0 aromatic heterocycles. The fraction of sp³-hybridized carbons (Fsp3) is 0.765. The molecule has 1 saturated heterocycles. The number of ether oxygens (including phenoxy) is 1. The standard InChI is InChI=1S/C17H24F4O/c1-12-2-8-15(22-11-12)9-5-13-3-6-14(7-4-13)16(18)10-17(19,20)21/h5,9-10,12-15H,2-4,6-8,11H2,1H3/b9-5+,16-10-. The SMILES string of the molecule is CC1CCC(/C=C/C2CCC(/C(F)=C/C(F)(F)F)CC2)OC1. The second-order valence-corrected chi connectivity index (χ2v) is 6.62. The van der Waals surface area contributed by atoms with E-state index in [0.717, 1.165) is 32.3 Å². The van der Waals surface area contributed by atoms with Gasteiger partial charge in [-0.15, -0.1) is 0 Å². The molecule has 0 N–H and O–H groups in total. The zero-order chi connectivity index (χ0) is 16.2. The normalized spacial score (nSPS) is 35.0. The van der Waals surface area contributed by atoms with Gasteiger partial charge in [-0.25, -0.2) is 4.39 Å². The van der Waals surface area contributed by atoms with Crippen LogP contribution < -0.4 is 0 Å². The molecule has 126 valence electrons. The third-order valence-corrected chi connectivity index (χ3v) is 4.60. The maximum Gasteiger partial charge on any atom is 0.412 e. The van der Waals surface area contributed by atoms with Crippen molar-refractivity contribution in [2.45, 2.75) is 57.7 Å². The van der Waals surface area contributed by atoms with Gasteiger partial charge >= 0.3 is 6.18 Å². The van der Waals surface area contributed by atoms with E-state index in [0.29, 0.717) is 24.7 Å². The van der Waals surface area contributed by atoms with Crippen molar-refractivity contribution < 1.29 is 22.3 Å². The van der Waals surface area contributed by atoms with Crippen LogP contribution >= 0.6 is 0 Å². The largest absolute Gasteiger partial charge is 0.412 e. The molecule has 0 spiro atoms. The molecule has 0 aromatic rings. The highest BCUT2D eigenvalue weighted by Gasteiger charge is 2.30. The van der Waals surface area contributed by atoms with Crippen molar-refractivity contribution in [3.8, 4) is 0 Å². The number of hydrogen-bond acceptors (Lipinski definition) is 1. The lowest BCUT2D eigenvalue weighted by Crippen LogP contribution is -2.23. The zero-order valence-electron chi connectivity index (χ0n) is 12.9. The maximum atomic E-state index is 13.5. The van der Waals surface area contributed by atoms with Gasteiger partial charge in [0.05, 0.1) is 12.2 Å². The summed E-state index contributed by atoms with van der Waals surface area (Å²) in [5.74, 6) is -0.640. The first-order chi connectivity index (χ1) is 10.3. The molecule has 1 saturated carbocycles. The van der Waals surface area contributed by atoms with Gasteiger partial charge in [0.1, 0.15) is 5.83 Å². The molecule has 2 fully saturated rings. The van der Waals surface area contributed by atoms with Crippen LogP contribution in [0.5, 0.6) is 0 Å². The van der Waals surface area contributed by atoms with Gasteiger partial charge in [0.15, 0.2) is 0 Å². The van der Waals surface area contributed by atoms with Crippen molar-refractivity contribution in [2.75, 3.05) is 6.61 Å². The van der Waals surface area contributed by atoms with Gasteiger partial charge in [0.25, 0.3) is 0 Å². The summed E-state index contributed by atoms with van der Waals surface area (Å²) in [5.41, 5.74) is 0. The first-order valence-electron chi connectivity index (χ1n) is 8.08. The molecular formula is C17H24F4O. The van der Waals surface area contributed by atoms with E-state index in [2.05, 4.69) is 19.1 Å². The van der Waals surface area contributed by atoms with E-state index in [9.17, 15) is 17.6 Å². The number of hydrogen-bond donors (Lipinski definition) is 0. The molecule has 1 heterocycles. The molecule has 2 rings (SSSR count). The van der Waals surface area contributed by atoms with Crippen molar-refractivity contribution in [1.29, 1.82) is 0 Å². The summed E-state index contributed by atoms with van der Waals surface area (Å²) in [6.45, 7) is 2.96. The lowest BCUT2D eigenvalue weighted by atomic mass is 9.81. The third-order valence-electron chi connectivity index (χ3n) is 4.60. The molecule has 2 aliphatic rings. The van der Waals surface area contributed by atoms with Crippen LogP contribution in [0.15, 0.2) is 24.1 Å². The second kappa shape index (κ2) is 7.62. The molecule has 0 radical (unpaired) electrons. The van der Waals surface area contributed by atoms with Crippen LogP contribution in [0, 0.1) is 17.8 Å². The van der Waals surface area contributed by atoms with Crippen molar-refractivity contribution in [1.82, 2.24) is 0 Å². The van der Waals surface area contributed by atoms with Gasteiger partial charge in [-0.2, -0.15) is 13.2 Å². The number of alkyl halides is 3. The maximum absolute atomic E-state index is 13.5. The first kappa shape index (κ1) is 17.5. The molecule has 1 nitrogen and oxygen atoms in total. The lowest BCUT2D eigenvalue weighted by molar-refractivity contribution is -0.0820. The van der Waals surface area contributed by atoms with Crippen LogP contribution in [0.3, 0.4) is 0 Å². The van der Waals surface area contributed by atoms with Crippen molar-refractivity contribution >= 4 is 0 Å². The van der Waals surface area contributed by atoms with Crippen LogP contribution in [-0.4, -0.2) is 18.9 Å². The third kappa shape index (κ3) is 5.75. The summed E-state index contributed by atoms with van der Waals surface area (Å²) in [6, 6.07) is 0. The van der Waals surface area contributed by atoms with Gasteiger partial charge in [0, 0.05) is 12.5 Å². The highest BCUT2D eigenvalue weighted by molar-refractivity contribution is 5.05. The average Bonchev–Trinajstić information content (AvgIpc) is 2.45. The van der Waals surface area contributed by atoms with E-state index < -0.39 is 17.9 Å². The van der Waals surface area contributed by atoms with Crippen LogP contribution in [0.2, 0.25) is 0 Å². The summed E-state index contributed by atoms with van der Waals surface area (Å²) >= 11 is 0. The second-order valence-electron chi connectivity index (χ2n) is 6.62. The van der Waals surface area contributed by atoms with E-state index in [1.165, 1.54) is 0 Å². The monoisotopic (exact) mass is 320 g/mol. The Labute approximate surface area is 129 Å². The molecule has 1 aliphatic carbocycles. The highest BCUT2D eigenvalue weighted by atomic mass is 19.4. The molecular weight excluding hydrogens is 296 g/mol. The minimum Gasteiger partial charge on any atom is -0.374 e. The molecule has 2 unspecified atom stereocenters. The summed E-state index contributed by atoms with van der Waals surface area (Å²) in [4.78, 5) is 0. The molecule has 0 aromatic carbocycles. The van der Waals surface area contributed by atoms with Gasteiger partial charge in [-0.05, 0) is 50.4 Å². The Hall–Kier alpha value is -0.840. The summed E-state index contributed by atoms with van der Waals surface area (Å²) in [6.07, 6.45) is 4.24. The molecule has 0 amide bonds. The predicted molar refractivity (Wildman–Crippen MR) is 78.0 cm³/mol. The minimum absolute atomic E-state index is 0.163. The molecule has 1 aliphatic heterocycles. The van der Waals surface area contributed by atoms with Crippen LogP contribution in [-0.2, 0) is 4.74 Å². The lowest BCUT2D eigenvalue weighted by Gasteiger charge is -2.27. The van der Waals surface area contributed by atoms with Gasteiger partial charge in [-0.3, -0.25) is 0 Å². The van der Waals surface area contributed by atoms with E-state index in [1.54, 1.807) is 0 Å². The number of allylic oxidation sites excluding steroid dienone is 3. The topological polar surface area (TPSA) is 9.23 Å². The Kier molecular flexibility index (Phi) is 6.07. The molecule has 2 atom stereocenters. The highest BCUT2D eigenvalue weighted by Crippen LogP contribution is 2.36. The fourth-order valence-electron chi connectivity index (χ4n) is 3.20. The van der Waals surface area contributed by atoms with Crippen molar-refractivity contribution in [3.63, 3.8) is 0 Å². The van der Waals surface area contributed by atoms with E-state index in [4.69, 9.17) is 4.74 Å². The molecule has 5 heteroatoms. The number of halogens is 4. The smallest absolute Gasteiger partial charge is 0.374 e. The Morgan fingerprint density at radius 1 is 1.00 bits per heavy atom. The van der Waals surface area contributed by atoms with Gasteiger partial charge in [-0.1, -0.05) is 19.1 Å². The summed E-state index contributed by atoms with van der Waals surface area (Å²) in [5, 5.41) is 0. The van der Waals surface area contributed by atoms with Crippen LogP contribution in [0.1, 0.15) is 45.4 Å². The Balaban J connectivity index is 1.76. The van der Waals surface area contributed by atoms with Gasteiger partial charge in [0.2, 0.25) is 0 Å². The predicted octanol–water partition coefficient (Wildman–Crippen LogP) is 5.58. The first-order valence-corrected chi connectivity index (χ1v) is 8.08. The van der Waals surface area contributed by atoms with Crippen LogP contribution in [0.25, 0.3) is 0 Å². The van der Waals surface area contributed by atoms with E-state index in [-0.39, 0.29) is 12.2 Å². The molecule has 0 bridgehead atoms. The number of rotatable bonds is 3. The average molecular weight is 320 g/mol. The Morgan fingerprint density at radius 3 is 2.23 bits per heavy atom. The zero-order valence-corrected chi connectivity index (χ0v) is 12.9. The minimum atomic E-state index is -4.56. The Morgan fingerprint density at radius 2 is 1.68 bits per heavy atom. The van der Waals surface area contributed by atoms with Crippen LogP contribution in [0.4, 0.5) is 17.6 Å². The Bertz CT molecular complexity index is 397. The van der Waals surface area contributed by atoms with Crippen molar-refractivity contribution in [3.05, 3.63) is 24.1 Å². The van der Waals surface area contributed by atoms with E-state index >= 15 is 0 Å². The van der Waals surface area contributed by atoms with E-state index in [1.807, 2.05) is 0 Å². The fourth-order valence-corrected chi connectivity index (χ4v) is 3.20. The summed E-state index contributed by atoms with van der Waals surface area (Å²) < 4.78 is 55.7. The van der Waals surface area contributed by atoms with Gasteiger partial charge < -0.3 is 4.74 Å². The molecule has 22 heavy (non-hydrogen) atoms. The quantitative estimate of drug-likeness (QED) is 0.487.